The van der Waals surface area contributed by atoms with E-state index in [0.717, 1.165) is 12.1 Å². The summed E-state index contributed by atoms with van der Waals surface area (Å²) in [4.78, 5) is 0. The Hall–Kier alpha value is -3.82. The number of allylic oxidation sites excluding steroid dienone is 5. The van der Waals surface area contributed by atoms with Gasteiger partial charge in [-0.3, -0.25) is 0 Å². The van der Waals surface area contributed by atoms with Gasteiger partial charge in [-0.1, -0.05) is 72.8 Å². The molecule has 0 aliphatic carbocycles. The zero-order chi connectivity index (χ0) is 18.2. The molecule has 1 aromatic heterocycles. The zero-order valence-electron chi connectivity index (χ0n) is 14.2. The minimum absolute atomic E-state index is 0.0918. The standard InChI is InChI=1S/C23H17N3/c24-15-20(16-25)11-5-2-6-12-21-18-26(17-19-9-3-1-4-10-19)23-14-8-7-13-22(21)23/h1-14,18H,17H2/b5-2+,12-6+. The van der Waals surface area contributed by atoms with Gasteiger partial charge >= 0.3 is 0 Å². The van der Waals surface area contributed by atoms with Crippen LogP contribution in [0.1, 0.15) is 11.1 Å². The number of hydrogen-bond donors (Lipinski definition) is 0. The number of para-hydroxylation sites is 1. The lowest BCUT2D eigenvalue weighted by atomic mass is 10.1. The molecule has 0 saturated heterocycles. The van der Waals surface area contributed by atoms with Crippen molar-refractivity contribution in [2.45, 2.75) is 6.54 Å². The van der Waals surface area contributed by atoms with Crippen LogP contribution in [0, 0.1) is 22.7 Å². The van der Waals surface area contributed by atoms with Crippen molar-refractivity contribution in [1.82, 2.24) is 4.57 Å². The molecule has 0 aliphatic rings. The molecule has 0 aliphatic heterocycles. The highest BCUT2D eigenvalue weighted by Crippen LogP contribution is 2.23. The Labute approximate surface area is 153 Å². The molecular formula is C23H17N3. The molecule has 0 radical (unpaired) electrons. The third kappa shape index (κ3) is 3.98. The third-order valence-electron chi connectivity index (χ3n) is 4.02. The first kappa shape index (κ1) is 17.0. The van der Waals surface area contributed by atoms with Gasteiger partial charge in [0.1, 0.15) is 17.7 Å². The number of nitriles is 2. The van der Waals surface area contributed by atoms with Gasteiger partial charge in [0.25, 0.3) is 0 Å². The van der Waals surface area contributed by atoms with Gasteiger partial charge in [-0.15, -0.1) is 0 Å². The summed E-state index contributed by atoms with van der Waals surface area (Å²) in [6.45, 7) is 0.821. The molecule has 3 aromatic rings. The molecule has 3 heteroatoms. The van der Waals surface area contributed by atoms with Gasteiger partial charge in [-0.25, -0.2) is 0 Å². The van der Waals surface area contributed by atoms with E-state index in [-0.39, 0.29) is 5.57 Å². The number of aromatic nitrogens is 1. The Morgan fingerprint density at radius 2 is 1.62 bits per heavy atom. The molecule has 3 nitrogen and oxygen atoms in total. The van der Waals surface area contributed by atoms with Crippen LogP contribution in [0.4, 0.5) is 0 Å². The molecular weight excluding hydrogens is 318 g/mol. The van der Waals surface area contributed by atoms with Crippen molar-refractivity contribution >= 4 is 17.0 Å². The van der Waals surface area contributed by atoms with E-state index in [9.17, 15) is 0 Å². The first-order valence-corrected chi connectivity index (χ1v) is 8.29. The van der Waals surface area contributed by atoms with Crippen LogP contribution in [0.3, 0.4) is 0 Å². The van der Waals surface area contributed by atoms with Gasteiger partial charge in [0.05, 0.1) is 0 Å². The van der Waals surface area contributed by atoms with Gasteiger partial charge in [0.15, 0.2) is 0 Å². The summed E-state index contributed by atoms with van der Waals surface area (Å²) in [5.74, 6) is 0. The number of fused-ring (bicyclic) bond motifs is 1. The van der Waals surface area contributed by atoms with Crippen LogP contribution in [0.15, 0.2) is 90.7 Å². The van der Waals surface area contributed by atoms with Gasteiger partial charge in [-0.2, -0.15) is 10.5 Å². The molecule has 0 N–H and O–H groups in total. The molecule has 26 heavy (non-hydrogen) atoms. The maximum Gasteiger partial charge on any atom is 0.129 e. The average Bonchev–Trinajstić information content (AvgIpc) is 3.03. The molecule has 2 aromatic carbocycles. The number of rotatable bonds is 5. The van der Waals surface area contributed by atoms with Crippen LogP contribution in [0.5, 0.6) is 0 Å². The average molecular weight is 335 g/mol. The zero-order valence-corrected chi connectivity index (χ0v) is 14.2. The lowest BCUT2D eigenvalue weighted by Crippen LogP contribution is -1.97. The Bertz CT molecular complexity index is 1050. The van der Waals surface area contributed by atoms with Crippen molar-refractivity contribution < 1.29 is 0 Å². The van der Waals surface area contributed by atoms with E-state index in [1.807, 2.05) is 48.6 Å². The predicted octanol–water partition coefficient (Wildman–Crippen LogP) is 5.23. The van der Waals surface area contributed by atoms with Crippen molar-refractivity contribution in [1.29, 1.82) is 10.5 Å². The first-order chi connectivity index (χ1) is 12.8. The van der Waals surface area contributed by atoms with E-state index < -0.39 is 0 Å². The molecule has 0 spiro atoms. The topological polar surface area (TPSA) is 52.5 Å². The van der Waals surface area contributed by atoms with Gasteiger partial charge < -0.3 is 4.57 Å². The highest BCUT2D eigenvalue weighted by Gasteiger charge is 2.06. The third-order valence-corrected chi connectivity index (χ3v) is 4.02. The Balaban J connectivity index is 1.87. The first-order valence-electron chi connectivity index (χ1n) is 8.29. The van der Waals surface area contributed by atoms with E-state index in [1.165, 1.54) is 22.5 Å². The largest absolute Gasteiger partial charge is 0.342 e. The summed E-state index contributed by atoms with van der Waals surface area (Å²) in [7, 11) is 0. The monoisotopic (exact) mass is 335 g/mol. The van der Waals surface area contributed by atoms with E-state index in [2.05, 4.69) is 47.2 Å². The lowest BCUT2D eigenvalue weighted by Gasteiger charge is -2.05. The van der Waals surface area contributed by atoms with Crippen molar-refractivity contribution in [3.63, 3.8) is 0 Å². The van der Waals surface area contributed by atoms with Crippen molar-refractivity contribution in [2.75, 3.05) is 0 Å². The summed E-state index contributed by atoms with van der Waals surface area (Å²) < 4.78 is 2.25. The summed E-state index contributed by atoms with van der Waals surface area (Å²) >= 11 is 0. The fraction of sp³-hybridized carbons (Fsp3) is 0.0435. The summed E-state index contributed by atoms with van der Waals surface area (Å²) in [5, 5.41) is 18.6. The number of benzene rings is 2. The second-order valence-corrected chi connectivity index (χ2v) is 5.76. The Kier molecular flexibility index (Phi) is 5.45. The molecule has 0 unspecified atom stereocenters. The lowest BCUT2D eigenvalue weighted by molar-refractivity contribution is 0.836. The van der Waals surface area contributed by atoms with Gasteiger partial charge in [-0.05, 0) is 23.3 Å². The second-order valence-electron chi connectivity index (χ2n) is 5.76. The van der Waals surface area contributed by atoms with E-state index in [1.54, 1.807) is 6.08 Å². The highest BCUT2D eigenvalue weighted by atomic mass is 15.0. The van der Waals surface area contributed by atoms with E-state index in [0.29, 0.717) is 0 Å². The van der Waals surface area contributed by atoms with Crippen LogP contribution in [-0.4, -0.2) is 4.57 Å². The van der Waals surface area contributed by atoms with Crippen LogP contribution < -0.4 is 0 Å². The van der Waals surface area contributed by atoms with E-state index >= 15 is 0 Å². The molecule has 0 bridgehead atoms. The number of hydrogen-bond acceptors (Lipinski definition) is 2. The van der Waals surface area contributed by atoms with E-state index in [4.69, 9.17) is 10.5 Å². The minimum Gasteiger partial charge on any atom is -0.342 e. The second kappa shape index (κ2) is 8.33. The predicted molar refractivity (Wildman–Crippen MR) is 105 cm³/mol. The molecule has 1 heterocycles. The van der Waals surface area contributed by atoms with Crippen molar-refractivity contribution in [3.8, 4) is 12.1 Å². The van der Waals surface area contributed by atoms with Gasteiger partial charge in [0, 0.05) is 23.6 Å². The fourth-order valence-corrected chi connectivity index (χ4v) is 2.79. The molecule has 0 amide bonds. The molecule has 124 valence electrons. The Morgan fingerprint density at radius 1 is 0.885 bits per heavy atom. The van der Waals surface area contributed by atoms with Crippen LogP contribution in [-0.2, 0) is 6.54 Å². The molecule has 3 rings (SSSR count). The van der Waals surface area contributed by atoms with Crippen molar-refractivity contribution in [3.05, 3.63) is 102 Å². The van der Waals surface area contributed by atoms with Crippen molar-refractivity contribution in [2.24, 2.45) is 0 Å². The Morgan fingerprint density at radius 3 is 2.38 bits per heavy atom. The summed E-state index contributed by atoms with van der Waals surface area (Å²) in [6, 6.07) is 22.4. The normalized spacial score (nSPS) is 10.8. The smallest absolute Gasteiger partial charge is 0.129 e. The quantitative estimate of drug-likeness (QED) is 0.473. The molecule has 0 saturated carbocycles. The maximum atomic E-state index is 8.71. The summed E-state index contributed by atoms with van der Waals surface area (Å²) in [6.07, 6.45) is 11.1. The van der Waals surface area contributed by atoms with Crippen LogP contribution in [0.25, 0.3) is 17.0 Å². The van der Waals surface area contributed by atoms with Crippen LogP contribution in [0.2, 0.25) is 0 Å². The SMILES string of the molecule is N#CC(C#N)=C/C=C/C=C/c1cn(Cc2ccccc2)c2ccccc12. The minimum atomic E-state index is 0.0918. The molecule has 0 fully saturated rings. The summed E-state index contributed by atoms with van der Waals surface area (Å²) in [5.41, 5.74) is 3.67. The van der Waals surface area contributed by atoms with Gasteiger partial charge in [0.2, 0.25) is 0 Å². The molecule has 0 atom stereocenters. The maximum absolute atomic E-state index is 8.71. The highest BCUT2D eigenvalue weighted by molar-refractivity contribution is 5.89. The number of nitrogens with zero attached hydrogens (tertiary/aromatic N) is 3. The van der Waals surface area contributed by atoms with Crippen LogP contribution >= 0.6 is 0 Å². The fourth-order valence-electron chi connectivity index (χ4n) is 2.79.